The van der Waals surface area contributed by atoms with Gasteiger partial charge in [0.25, 0.3) is 5.91 Å². The molecule has 0 aliphatic carbocycles. The van der Waals surface area contributed by atoms with Crippen molar-refractivity contribution in [2.24, 2.45) is 0 Å². The molecule has 8 nitrogen and oxygen atoms in total. The monoisotopic (exact) mass is 325 g/mol. The van der Waals surface area contributed by atoms with Crippen molar-refractivity contribution in [3.8, 4) is 17.6 Å². The minimum absolute atomic E-state index is 0.158. The second-order valence-electron chi connectivity index (χ2n) is 4.73. The highest BCUT2D eigenvalue weighted by Gasteiger charge is 2.13. The van der Waals surface area contributed by atoms with Crippen LogP contribution in [0.15, 0.2) is 48.9 Å². The van der Waals surface area contributed by atoms with Crippen molar-refractivity contribution in [2.75, 3.05) is 19.5 Å². The number of ether oxygens (including phenoxy) is 2. The highest BCUT2D eigenvalue weighted by molar-refractivity contribution is 6.05. The van der Waals surface area contributed by atoms with Crippen molar-refractivity contribution < 1.29 is 14.3 Å². The van der Waals surface area contributed by atoms with Crippen molar-refractivity contribution in [3.05, 3.63) is 54.5 Å². The maximum atomic E-state index is 12.5. The van der Waals surface area contributed by atoms with Gasteiger partial charge < -0.3 is 14.8 Å². The molecule has 0 atom stereocenters. The second-order valence-corrected chi connectivity index (χ2v) is 4.73. The Labute approximate surface area is 138 Å². The molecular formula is C16H15N5O3. The highest BCUT2D eigenvalue weighted by atomic mass is 16.5. The van der Waals surface area contributed by atoms with Gasteiger partial charge in [-0.05, 0) is 24.3 Å². The van der Waals surface area contributed by atoms with Crippen LogP contribution in [0.1, 0.15) is 10.4 Å². The second kappa shape index (κ2) is 6.78. The summed E-state index contributed by atoms with van der Waals surface area (Å²) in [5.41, 5.74) is 1.61. The van der Waals surface area contributed by atoms with Gasteiger partial charge in [-0.2, -0.15) is 10.1 Å². The predicted molar refractivity (Wildman–Crippen MR) is 86.7 cm³/mol. The number of hydrogen-bond acceptors (Lipinski definition) is 6. The third-order valence-electron chi connectivity index (χ3n) is 3.23. The molecule has 0 fully saturated rings. The molecule has 1 N–H and O–H groups in total. The van der Waals surface area contributed by atoms with Gasteiger partial charge in [0.15, 0.2) is 0 Å². The molecular weight excluding hydrogens is 310 g/mol. The Balaban J connectivity index is 1.84. The van der Waals surface area contributed by atoms with E-state index in [9.17, 15) is 4.79 Å². The summed E-state index contributed by atoms with van der Waals surface area (Å²) in [5, 5.41) is 6.88. The Hall–Kier alpha value is -3.42. The zero-order chi connectivity index (χ0) is 16.9. The number of aromatic nitrogens is 4. The molecule has 24 heavy (non-hydrogen) atoms. The Morgan fingerprint density at radius 2 is 2.08 bits per heavy atom. The zero-order valence-electron chi connectivity index (χ0n) is 13.1. The summed E-state index contributed by atoms with van der Waals surface area (Å²) in [5.74, 6) is -0.0884. The molecule has 0 aliphatic heterocycles. The van der Waals surface area contributed by atoms with Crippen LogP contribution in [0.3, 0.4) is 0 Å². The molecule has 0 aliphatic rings. The summed E-state index contributed by atoms with van der Waals surface area (Å²) in [7, 11) is 2.91. The number of benzene rings is 1. The van der Waals surface area contributed by atoms with Crippen molar-refractivity contribution in [3.63, 3.8) is 0 Å². The lowest BCUT2D eigenvalue weighted by molar-refractivity contribution is 0.102. The first kappa shape index (κ1) is 15.5. The maximum absolute atomic E-state index is 12.5. The van der Waals surface area contributed by atoms with Gasteiger partial charge in [0.05, 0.1) is 26.1 Å². The fraction of sp³-hybridized carbons (Fsp3) is 0.125. The summed E-state index contributed by atoms with van der Waals surface area (Å²) in [6.45, 7) is 0. The number of methoxy groups -OCH3 is 2. The summed E-state index contributed by atoms with van der Waals surface area (Å²) < 4.78 is 11.8. The first-order valence-electron chi connectivity index (χ1n) is 7.07. The van der Waals surface area contributed by atoms with Gasteiger partial charge in [-0.25, -0.2) is 9.67 Å². The number of anilines is 1. The van der Waals surface area contributed by atoms with Crippen LogP contribution in [-0.2, 0) is 0 Å². The third kappa shape index (κ3) is 3.17. The van der Waals surface area contributed by atoms with Crippen molar-refractivity contribution in [1.29, 1.82) is 0 Å². The largest absolute Gasteiger partial charge is 0.479 e. The number of carbonyl (C=O) groups excluding carboxylic acids is 1. The number of amides is 1. The van der Waals surface area contributed by atoms with Crippen molar-refractivity contribution >= 4 is 11.6 Å². The SMILES string of the molecule is COc1ncc(NC(=O)c2cccc(-n3cccn3)c2)c(OC)n1. The van der Waals surface area contributed by atoms with E-state index >= 15 is 0 Å². The molecule has 3 rings (SSSR count). The molecule has 0 unspecified atom stereocenters. The van der Waals surface area contributed by atoms with E-state index in [1.165, 1.54) is 20.4 Å². The first-order chi connectivity index (χ1) is 11.7. The van der Waals surface area contributed by atoms with Crippen LogP contribution in [0.2, 0.25) is 0 Å². The smallest absolute Gasteiger partial charge is 0.319 e. The quantitative estimate of drug-likeness (QED) is 0.771. The van der Waals surface area contributed by atoms with Gasteiger partial charge in [0.2, 0.25) is 5.88 Å². The fourth-order valence-corrected chi connectivity index (χ4v) is 2.10. The van der Waals surface area contributed by atoms with Crippen LogP contribution < -0.4 is 14.8 Å². The van der Waals surface area contributed by atoms with Gasteiger partial charge in [-0.1, -0.05) is 6.07 Å². The van der Waals surface area contributed by atoms with Crippen LogP contribution in [0.5, 0.6) is 11.9 Å². The first-order valence-corrected chi connectivity index (χ1v) is 7.07. The van der Waals surface area contributed by atoms with E-state index in [-0.39, 0.29) is 17.8 Å². The van der Waals surface area contributed by atoms with Gasteiger partial charge in [0, 0.05) is 18.0 Å². The van der Waals surface area contributed by atoms with Crippen LogP contribution in [0.4, 0.5) is 5.69 Å². The van der Waals surface area contributed by atoms with Gasteiger partial charge in [-0.15, -0.1) is 0 Å². The van der Waals surface area contributed by atoms with Crippen LogP contribution in [0.25, 0.3) is 5.69 Å². The molecule has 0 spiro atoms. The van der Waals surface area contributed by atoms with Gasteiger partial charge >= 0.3 is 6.01 Å². The molecule has 0 radical (unpaired) electrons. The van der Waals surface area contributed by atoms with Gasteiger partial charge in [-0.3, -0.25) is 4.79 Å². The van der Waals surface area contributed by atoms with Crippen LogP contribution in [0, 0.1) is 0 Å². The minimum atomic E-state index is -0.309. The van der Waals surface area contributed by atoms with E-state index in [4.69, 9.17) is 9.47 Å². The molecule has 0 saturated heterocycles. The molecule has 1 amide bonds. The normalized spacial score (nSPS) is 10.2. The lowest BCUT2D eigenvalue weighted by Crippen LogP contribution is -2.14. The lowest BCUT2D eigenvalue weighted by Gasteiger charge is -2.10. The number of hydrogen-bond donors (Lipinski definition) is 1. The van der Waals surface area contributed by atoms with Crippen LogP contribution >= 0.6 is 0 Å². The summed E-state index contributed by atoms with van der Waals surface area (Å²) in [6, 6.07) is 9.06. The Kier molecular flexibility index (Phi) is 4.37. The number of nitrogens with zero attached hydrogens (tertiary/aromatic N) is 4. The lowest BCUT2D eigenvalue weighted by atomic mass is 10.2. The van der Waals surface area contributed by atoms with E-state index in [0.717, 1.165) is 5.69 Å². The number of carbonyl (C=O) groups is 1. The Morgan fingerprint density at radius 3 is 2.79 bits per heavy atom. The number of nitrogens with one attached hydrogen (secondary N) is 1. The van der Waals surface area contributed by atoms with E-state index in [1.807, 2.05) is 12.1 Å². The standard InChI is InChI=1S/C16H15N5O3/c1-23-15-13(10-17-16(20-15)24-2)19-14(22)11-5-3-6-12(9-11)21-8-4-7-18-21/h3-10H,1-2H3,(H,19,22). The third-order valence-corrected chi connectivity index (χ3v) is 3.23. The summed E-state index contributed by atoms with van der Waals surface area (Å²) in [4.78, 5) is 20.5. The molecule has 2 aromatic heterocycles. The Bertz CT molecular complexity index is 849. The maximum Gasteiger partial charge on any atom is 0.319 e. The molecule has 0 bridgehead atoms. The molecule has 2 heterocycles. The van der Waals surface area contributed by atoms with Crippen molar-refractivity contribution in [1.82, 2.24) is 19.7 Å². The van der Waals surface area contributed by atoms with Gasteiger partial charge in [0.1, 0.15) is 5.69 Å². The average Bonchev–Trinajstić information content (AvgIpc) is 3.17. The fourth-order valence-electron chi connectivity index (χ4n) is 2.10. The summed E-state index contributed by atoms with van der Waals surface area (Å²) >= 11 is 0. The van der Waals surface area contributed by atoms with Crippen LogP contribution in [-0.4, -0.2) is 39.9 Å². The molecule has 1 aromatic carbocycles. The van der Waals surface area contributed by atoms with E-state index < -0.39 is 0 Å². The molecule has 3 aromatic rings. The topological polar surface area (TPSA) is 91.2 Å². The Morgan fingerprint density at radius 1 is 1.21 bits per heavy atom. The van der Waals surface area contributed by atoms with E-state index in [1.54, 1.807) is 35.3 Å². The minimum Gasteiger partial charge on any atom is -0.479 e. The van der Waals surface area contributed by atoms with Crippen molar-refractivity contribution in [2.45, 2.75) is 0 Å². The molecule has 0 saturated carbocycles. The average molecular weight is 325 g/mol. The predicted octanol–water partition coefficient (Wildman–Crippen LogP) is 1.93. The molecule has 122 valence electrons. The number of rotatable bonds is 5. The highest BCUT2D eigenvalue weighted by Crippen LogP contribution is 2.23. The zero-order valence-corrected chi connectivity index (χ0v) is 13.1. The van der Waals surface area contributed by atoms with E-state index in [0.29, 0.717) is 11.3 Å². The summed E-state index contributed by atoms with van der Waals surface area (Å²) in [6.07, 6.45) is 4.91. The molecule has 8 heteroatoms. The van der Waals surface area contributed by atoms with E-state index in [2.05, 4.69) is 20.4 Å².